The predicted molar refractivity (Wildman–Crippen MR) is 125 cm³/mol. The van der Waals surface area contributed by atoms with Crippen molar-refractivity contribution in [2.75, 3.05) is 32.6 Å². The van der Waals surface area contributed by atoms with Gasteiger partial charge in [0.25, 0.3) is 0 Å². The first-order chi connectivity index (χ1) is 15.7. The van der Waals surface area contributed by atoms with E-state index in [9.17, 15) is 18.3 Å². The number of piperidine rings is 1. The van der Waals surface area contributed by atoms with Crippen LogP contribution in [0.4, 0.5) is 0 Å². The molecule has 1 saturated carbocycles. The molecule has 1 saturated heterocycles. The van der Waals surface area contributed by atoms with Crippen LogP contribution in [0.25, 0.3) is 10.9 Å². The number of nitrogens with one attached hydrogen (secondary N) is 1. The number of hydrogen-bond acceptors (Lipinski definition) is 6. The fraction of sp³-hybridized carbons (Fsp3) is 0.652. The van der Waals surface area contributed by atoms with E-state index in [4.69, 9.17) is 4.74 Å². The lowest BCUT2D eigenvalue weighted by Gasteiger charge is -2.39. The first kappa shape index (κ1) is 24.1. The zero-order chi connectivity index (χ0) is 23.6. The van der Waals surface area contributed by atoms with Crippen molar-refractivity contribution in [3.05, 3.63) is 30.0 Å². The molecule has 2 atom stereocenters. The molecule has 2 aromatic rings. The summed E-state index contributed by atoms with van der Waals surface area (Å²) in [5.74, 6) is 0.0278. The maximum absolute atomic E-state index is 12.0. The van der Waals surface area contributed by atoms with E-state index in [1.807, 2.05) is 17.9 Å². The molecule has 1 amide bonds. The fourth-order valence-corrected chi connectivity index (χ4v) is 6.08. The number of carbonyl (C=O) groups excluding carboxylic acids is 1. The van der Waals surface area contributed by atoms with Crippen molar-refractivity contribution in [1.82, 2.24) is 19.4 Å². The van der Waals surface area contributed by atoms with E-state index in [2.05, 4.69) is 28.0 Å². The lowest BCUT2D eigenvalue weighted by atomic mass is 9.82. The number of amides is 1. The molecule has 2 heterocycles. The molecule has 0 bridgehead atoms. The highest BCUT2D eigenvalue weighted by molar-refractivity contribution is 7.88. The van der Waals surface area contributed by atoms with Crippen LogP contribution >= 0.6 is 0 Å². The third kappa shape index (κ3) is 5.92. The summed E-state index contributed by atoms with van der Waals surface area (Å²) >= 11 is 0. The third-order valence-electron chi connectivity index (χ3n) is 7.05. The van der Waals surface area contributed by atoms with Gasteiger partial charge in [0.1, 0.15) is 6.61 Å². The van der Waals surface area contributed by atoms with Gasteiger partial charge in [-0.15, -0.1) is 0 Å². The van der Waals surface area contributed by atoms with Gasteiger partial charge in [-0.1, -0.05) is 6.07 Å². The highest BCUT2D eigenvalue weighted by Crippen LogP contribution is 2.35. The van der Waals surface area contributed by atoms with Gasteiger partial charge in [-0.3, -0.25) is 9.48 Å². The van der Waals surface area contributed by atoms with E-state index >= 15 is 0 Å². The smallest absolute Gasteiger partial charge is 0.248 e. The lowest BCUT2D eigenvalue weighted by Crippen LogP contribution is -2.54. The van der Waals surface area contributed by atoms with Crippen LogP contribution in [-0.2, 0) is 26.6 Å². The minimum atomic E-state index is -3.36. The number of likely N-dealkylation sites (tertiary alicyclic amines) is 1. The van der Waals surface area contributed by atoms with Crippen molar-refractivity contribution in [2.45, 2.75) is 50.2 Å². The second-order valence-electron chi connectivity index (χ2n) is 9.44. The minimum absolute atomic E-state index is 0.131. The Hall–Kier alpha value is -2.01. The van der Waals surface area contributed by atoms with Crippen LogP contribution in [0, 0.1) is 5.92 Å². The van der Waals surface area contributed by atoms with Gasteiger partial charge in [0.2, 0.25) is 15.9 Å². The molecule has 1 aliphatic heterocycles. The molecule has 9 nitrogen and oxygen atoms in total. The summed E-state index contributed by atoms with van der Waals surface area (Å²) in [6.45, 7) is 0.661. The topological polar surface area (TPSA) is 114 Å². The van der Waals surface area contributed by atoms with Crippen molar-refractivity contribution >= 4 is 26.8 Å². The number of aryl methyl sites for hydroxylation is 1. The molecule has 4 rings (SSSR count). The number of benzene rings is 1. The minimum Gasteiger partial charge on any atom is -0.387 e. The second-order valence-corrected chi connectivity index (χ2v) is 11.2. The summed E-state index contributed by atoms with van der Waals surface area (Å²) in [5, 5.41) is 14.7. The van der Waals surface area contributed by atoms with Gasteiger partial charge in [0.15, 0.2) is 0 Å². The summed E-state index contributed by atoms with van der Waals surface area (Å²) in [7, 11) is -1.41. The van der Waals surface area contributed by atoms with Crippen LogP contribution in [0.3, 0.4) is 0 Å². The molecule has 0 radical (unpaired) electrons. The van der Waals surface area contributed by atoms with E-state index in [1.54, 1.807) is 4.90 Å². The second kappa shape index (κ2) is 10.1. The number of fused-ring (bicyclic) bond motifs is 1. The average Bonchev–Trinajstić information content (AvgIpc) is 3.17. The van der Waals surface area contributed by atoms with Gasteiger partial charge in [0, 0.05) is 37.5 Å². The number of nitrogens with zero attached hydrogens (tertiary/aromatic N) is 3. The molecule has 2 N–H and O–H groups in total. The van der Waals surface area contributed by atoms with Gasteiger partial charge in [-0.2, -0.15) is 5.10 Å². The Kier molecular flexibility index (Phi) is 7.37. The molecule has 2 aliphatic rings. The maximum Gasteiger partial charge on any atom is 0.248 e. The number of hydrogen-bond donors (Lipinski definition) is 2. The Bertz CT molecular complexity index is 1080. The summed E-state index contributed by atoms with van der Waals surface area (Å²) in [4.78, 5) is 13.6. The molecule has 182 valence electrons. The van der Waals surface area contributed by atoms with Crippen molar-refractivity contribution < 1.29 is 23.1 Å². The number of carbonyl (C=O) groups is 1. The summed E-state index contributed by atoms with van der Waals surface area (Å²) in [5.41, 5.74) is 2.48. The molecule has 2 unspecified atom stereocenters. The summed E-state index contributed by atoms with van der Waals surface area (Å²) in [6, 6.07) is 6.30. The highest BCUT2D eigenvalue weighted by atomic mass is 32.2. The van der Waals surface area contributed by atoms with Crippen LogP contribution in [0.15, 0.2) is 24.4 Å². The Morgan fingerprint density at radius 2 is 2.00 bits per heavy atom. The van der Waals surface area contributed by atoms with Crippen LogP contribution in [0.1, 0.15) is 43.6 Å². The molecule has 1 aliphatic carbocycles. The van der Waals surface area contributed by atoms with Crippen LogP contribution in [0.5, 0.6) is 0 Å². The van der Waals surface area contributed by atoms with Crippen molar-refractivity contribution in [2.24, 2.45) is 13.0 Å². The van der Waals surface area contributed by atoms with Gasteiger partial charge >= 0.3 is 0 Å². The number of rotatable bonds is 7. The number of aromatic nitrogens is 2. The molecule has 1 aromatic heterocycles. The molecular weight excluding hydrogens is 444 g/mol. The zero-order valence-electron chi connectivity index (χ0n) is 19.3. The average molecular weight is 479 g/mol. The molecule has 10 heteroatoms. The highest BCUT2D eigenvalue weighted by Gasteiger charge is 2.34. The zero-order valence-corrected chi connectivity index (χ0v) is 20.1. The predicted octanol–water partition coefficient (Wildman–Crippen LogP) is 1.37. The summed E-state index contributed by atoms with van der Waals surface area (Å²) < 4.78 is 34.4. The Labute approximate surface area is 195 Å². The van der Waals surface area contributed by atoms with Crippen molar-refractivity contribution in [1.29, 1.82) is 0 Å². The van der Waals surface area contributed by atoms with Crippen LogP contribution in [0.2, 0.25) is 0 Å². The number of aliphatic hydroxyl groups is 1. The van der Waals surface area contributed by atoms with Crippen LogP contribution in [-0.4, -0.2) is 78.8 Å². The van der Waals surface area contributed by atoms with Gasteiger partial charge in [0.05, 0.1) is 30.7 Å². The number of aliphatic hydroxyl groups excluding tert-OH is 1. The molecular formula is C23H34N4O5S. The Morgan fingerprint density at radius 1 is 1.24 bits per heavy atom. The molecule has 0 spiro atoms. The van der Waals surface area contributed by atoms with Gasteiger partial charge in [-0.25, -0.2) is 13.1 Å². The first-order valence-corrected chi connectivity index (χ1v) is 13.5. The Morgan fingerprint density at radius 3 is 2.70 bits per heavy atom. The third-order valence-corrected chi connectivity index (χ3v) is 7.78. The van der Waals surface area contributed by atoms with Crippen molar-refractivity contribution in [3.8, 4) is 0 Å². The van der Waals surface area contributed by atoms with E-state index < -0.39 is 16.6 Å². The normalized spacial score (nSPS) is 26.6. The quantitative estimate of drug-likeness (QED) is 0.622. The monoisotopic (exact) mass is 478 g/mol. The fourth-order valence-electron chi connectivity index (χ4n) is 5.22. The standard InChI is InChI=1S/C23H34N4O5S/c1-26-22-8-5-17(11-18(22)12-24-26)16-3-6-20(7-4-16)32-15-19-13-27(23(29)14-28)10-9-21(19)25-33(2,30)31/h5,8,11-12,16,19-21,25,28H,3-4,6-7,9-10,13-15H2,1-2H3. The molecule has 33 heavy (non-hydrogen) atoms. The SMILES string of the molecule is Cn1ncc2cc(C3CCC(OCC4CN(C(=O)CO)CCC4NS(C)(=O)=O)CC3)ccc21. The van der Waals surface area contributed by atoms with E-state index in [-0.39, 0.29) is 24.0 Å². The van der Waals surface area contributed by atoms with Crippen LogP contribution < -0.4 is 4.72 Å². The number of sulfonamides is 1. The van der Waals surface area contributed by atoms with Gasteiger partial charge < -0.3 is 14.7 Å². The Balaban J connectivity index is 1.32. The van der Waals surface area contributed by atoms with E-state index in [0.717, 1.165) is 42.8 Å². The molecule has 1 aromatic carbocycles. The van der Waals surface area contributed by atoms with E-state index in [0.29, 0.717) is 32.0 Å². The van der Waals surface area contributed by atoms with E-state index in [1.165, 1.54) is 5.56 Å². The summed E-state index contributed by atoms with van der Waals surface area (Å²) in [6.07, 6.45) is 7.69. The maximum atomic E-state index is 12.0. The first-order valence-electron chi connectivity index (χ1n) is 11.6. The number of ether oxygens (including phenoxy) is 1. The van der Waals surface area contributed by atoms with Crippen molar-refractivity contribution in [3.63, 3.8) is 0 Å². The largest absolute Gasteiger partial charge is 0.387 e. The van der Waals surface area contributed by atoms with Gasteiger partial charge in [-0.05, 0) is 55.7 Å². The molecule has 2 fully saturated rings. The lowest BCUT2D eigenvalue weighted by molar-refractivity contribution is -0.137.